The Bertz CT molecular complexity index is 1010. The van der Waals surface area contributed by atoms with Gasteiger partial charge in [0.25, 0.3) is 0 Å². The predicted molar refractivity (Wildman–Crippen MR) is 145 cm³/mol. The first-order valence-electron chi connectivity index (χ1n) is 10.8. The summed E-state index contributed by atoms with van der Waals surface area (Å²) in [5.41, 5.74) is 1.13. The van der Waals surface area contributed by atoms with Crippen molar-refractivity contribution in [3.8, 4) is 0 Å². The van der Waals surface area contributed by atoms with Gasteiger partial charge in [0.15, 0.2) is 12.8 Å². The first-order chi connectivity index (χ1) is 15.3. The second-order valence-electron chi connectivity index (χ2n) is 8.04. The van der Waals surface area contributed by atoms with Crippen molar-refractivity contribution >= 4 is 47.1 Å². The summed E-state index contributed by atoms with van der Waals surface area (Å²) in [4.78, 5) is 0. The van der Waals surface area contributed by atoms with Crippen LogP contribution in [0.2, 0.25) is 0 Å². The Labute approximate surface area is 203 Å². The van der Waals surface area contributed by atoms with Gasteiger partial charge in [-0.3, -0.25) is 0 Å². The summed E-state index contributed by atoms with van der Waals surface area (Å²) < 4.78 is 15.5. The maximum atomic E-state index is 6.64. The van der Waals surface area contributed by atoms with Crippen molar-refractivity contribution in [2.24, 2.45) is 0 Å². The van der Waals surface area contributed by atoms with Crippen molar-refractivity contribution in [3.63, 3.8) is 0 Å². The quantitative estimate of drug-likeness (QED) is 0.290. The van der Waals surface area contributed by atoms with E-state index in [-0.39, 0.29) is 12.2 Å². The first-order valence-corrected chi connectivity index (χ1v) is 16.1. The molecule has 0 radical (unpaired) electrons. The molecular weight excluding hydrogens is 472 g/mol. The summed E-state index contributed by atoms with van der Waals surface area (Å²) in [7, 11) is 0. The lowest BCUT2D eigenvalue weighted by Gasteiger charge is -2.43. The molecule has 0 heterocycles. The monoisotopic (exact) mass is 503 g/mol. The topological polar surface area (TPSA) is 21.7 Å². The smallest absolute Gasteiger partial charge is 0.168 e. The average molecular weight is 504 g/mol. The van der Waals surface area contributed by atoms with Crippen molar-refractivity contribution < 1.29 is 9.05 Å². The minimum absolute atomic E-state index is 0.0578. The third kappa shape index (κ3) is 6.04. The molecule has 3 nitrogen and oxygen atoms in total. The third-order valence-electron chi connectivity index (χ3n) is 4.65. The lowest BCUT2D eigenvalue weighted by Crippen LogP contribution is -2.31. The van der Waals surface area contributed by atoms with Crippen LogP contribution >= 0.6 is 12.8 Å². The molecule has 3 rings (SSSR count). The molecular formula is C25H31NO2P2S2. The molecule has 0 aliphatic rings. The Morgan fingerprint density at radius 3 is 1.31 bits per heavy atom. The van der Waals surface area contributed by atoms with E-state index >= 15 is 0 Å². The van der Waals surface area contributed by atoms with E-state index in [9.17, 15) is 0 Å². The van der Waals surface area contributed by atoms with Crippen molar-refractivity contribution in [3.05, 3.63) is 96.6 Å². The summed E-state index contributed by atoms with van der Waals surface area (Å²) >= 11 is 12.9. The summed E-state index contributed by atoms with van der Waals surface area (Å²) in [6, 6.07) is 30.6. The minimum Gasteiger partial charge on any atom is -0.332 e. The maximum absolute atomic E-state index is 6.64. The van der Waals surface area contributed by atoms with Gasteiger partial charge in [0, 0.05) is 17.2 Å². The molecule has 0 N–H and O–H groups in total. The zero-order chi connectivity index (χ0) is 23.2. The third-order valence-corrected chi connectivity index (χ3v) is 14.7. The molecule has 3 aromatic carbocycles. The minimum atomic E-state index is -2.76. The molecule has 0 saturated carbocycles. The molecule has 7 heteroatoms. The largest absolute Gasteiger partial charge is 0.332 e. The molecule has 2 unspecified atom stereocenters. The molecule has 0 aromatic heterocycles. The highest BCUT2D eigenvalue weighted by atomic mass is 32.5. The molecule has 170 valence electrons. The van der Waals surface area contributed by atoms with E-state index in [0.717, 1.165) is 16.2 Å². The summed E-state index contributed by atoms with van der Waals surface area (Å²) in [5, 5.41) is 1.97. The Morgan fingerprint density at radius 2 is 0.969 bits per heavy atom. The standard InChI is InChI=1S/C25H31NO2P2S2/c1-21(2)27-29(31,24-16-10-6-11-17-24)26(20-23-14-8-5-9-15-23)30(32,28-22(3)4)25-18-12-7-13-19-25/h5-19,21-22H,20H2,1-4H3. The second kappa shape index (κ2) is 11.3. The van der Waals surface area contributed by atoms with Crippen molar-refractivity contribution in [1.82, 2.24) is 4.44 Å². The van der Waals surface area contributed by atoms with E-state index in [1.807, 2.05) is 82.3 Å². The molecule has 0 bridgehead atoms. The van der Waals surface area contributed by atoms with Crippen LogP contribution in [0.1, 0.15) is 33.3 Å². The Kier molecular flexibility index (Phi) is 9.00. The van der Waals surface area contributed by atoms with Crippen molar-refractivity contribution in [1.29, 1.82) is 0 Å². The highest BCUT2D eigenvalue weighted by Crippen LogP contribution is 2.68. The van der Waals surface area contributed by atoms with Crippen LogP contribution in [-0.4, -0.2) is 16.6 Å². The predicted octanol–water partition coefficient (Wildman–Crippen LogP) is 6.61. The molecule has 32 heavy (non-hydrogen) atoms. The van der Waals surface area contributed by atoms with Crippen LogP contribution in [0.3, 0.4) is 0 Å². The summed E-state index contributed by atoms with van der Waals surface area (Å²) in [6.07, 6.45) is -5.64. The van der Waals surface area contributed by atoms with E-state index in [1.165, 1.54) is 0 Å². The van der Waals surface area contributed by atoms with E-state index in [4.69, 9.17) is 32.7 Å². The van der Waals surface area contributed by atoms with Gasteiger partial charge in [-0.05, 0) is 56.9 Å². The first kappa shape index (κ1) is 25.5. The average Bonchev–Trinajstić information content (AvgIpc) is 2.78. The number of hydrogen-bond acceptors (Lipinski definition) is 4. The van der Waals surface area contributed by atoms with Crippen LogP contribution in [-0.2, 0) is 39.2 Å². The summed E-state index contributed by atoms with van der Waals surface area (Å²) in [5.74, 6) is 0. The molecule has 0 aliphatic heterocycles. The van der Waals surface area contributed by atoms with Crippen LogP contribution < -0.4 is 10.6 Å². The molecule has 0 aliphatic carbocycles. The molecule has 0 saturated heterocycles. The van der Waals surface area contributed by atoms with Gasteiger partial charge in [0.05, 0.1) is 12.2 Å². The SMILES string of the molecule is CC(C)OP(=S)(c1ccccc1)N(Cc1ccccc1)P(=S)(OC(C)C)c1ccccc1. The van der Waals surface area contributed by atoms with Gasteiger partial charge in [0.2, 0.25) is 0 Å². The molecule has 3 aromatic rings. The highest BCUT2D eigenvalue weighted by Gasteiger charge is 2.42. The zero-order valence-electron chi connectivity index (χ0n) is 19.0. The molecule has 0 fully saturated rings. The normalized spacial score (nSPS) is 15.6. The van der Waals surface area contributed by atoms with Crippen LogP contribution in [0, 0.1) is 0 Å². The van der Waals surface area contributed by atoms with Gasteiger partial charge >= 0.3 is 0 Å². The number of nitrogens with zero attached hydrogens (tertiary/aromatic N) is 1. The second-order valence-corrected chi connectivity index (χ2v) is 15.8. The number of rotatable bonds is 10. The van der Waals surface area contributed by atoms with Gasteiger partial charge in [0.1, 0.15) is 0 Å². The maximum Gasteiger partial charge on any atom is 0.168 e. The molecule has 0 spiro atoms. The Morgan fingerprint density at radius 1 is 0.625 bits per heavy atom. The number of hydrogen-bond donors (Lipinski definition) is 0. The summed E-state index contributed by atoms with van der Waals surface area (Å²) in [6.45, 7) is 8.67. The molecule has 2 atom stereocenters. The fraction of sp³-hybridized carbons (Fsp3) is 0.280. The van der Waals surface area contributed by atoms with Gasteiger partial charge in [-0.1, -0.05) is 91.0 Å². The van der Waals surface area contributed by atoms with Crippen LogP contribution in [0.15, 0.2) is 91.0 Å². The fourth-order valence-corrected chi connectivity index (χ4v) is 13.8. The fourth-order valence-electron chi connectivity index (χ4n) is 3.39. The Hall–Kier alpha value is -1.16. The van der Waals surface area contributed by atoms with E-state index in [1.54, 1.807) is 0 Å². The van der Waals surface area contributed by atoms with Gasteiger partial charge in [-0.2, -0.15) is 4.44 Å². The zero-order valence-corrected chi connectivity index (χ0v) is 22.4. The van der Waals surface area contributed by atoms with Crippen molar-refractivity contribution in [2.45, 2.75) is 46.4 Å². The lowest BCUT2D eigenvalue weighted by molar-refractivity contribution is 0.240. The van der Waals surface area contributed by atoms with Crippen LogP contribution in [0.5, 0.6) is 0 Å². The number of benzene rings is 3. The van der Waals surface area contributed by atoms with Crippen LogP contribution in [0.4, 0.5) is 0 Å². The van der Waals surface area contributed by atoms with E-state index in [2.05, 4.69) is 40.8 Å². The van der Waals surface area contributed by atoms with Gasteiger partial charge < -0.3 is 9.05 Å². The van der Waals surface area contributed by atoms with Gasteiger partial charge in [-0.25, -0.2) is 0 Å². The highest BCUT2D eigenvalue weighted by molar-refractivity contribution is 8.23. The lowest BCUT2D eigenvalue weighted by atomic mass is 10.2. The van der Waals surface area contributed by atoms with Gasteiger partial charge in [-0.15, -0.1) is 0 Å². The van der Waals surface area contributed by atoms with E-state index in [0.29, 0.717) is 6.54 Å². The van der Waals surface area contributed by atoms with Crippen molar-refractivity contribution in [2.75, 3.05) is 0 Å². The van der Waals surface area contributed by atoms with E-state index < -0.39 is 12.8 Å². The van der Waals surface area contributed by atoms with Crippen LogP contribution in [0.25, 0.3) is 0 Å². The Balaban J connectivity index is 2.27. The molecule has 0 amide bonds.